The van der Waals surface area contributed by atoms with E-state index in [0.29, 0.717) is 12.8 Å². The van der Waals surface area contributed by atoms with Crippen LogP contribution < -0.4 is 11.1 Å². The highest BCUT2D eigenvalue weighted by Crippen LogP contribution is 2.25. The van der Waals surface area contributed by atoms with Gasteiger partial charge < -0.3 is 16.2 Å². The van der Waals surface area contributed by atoms with E-state index in [1.807, 2.05) is 0 Å². The molecule has 4 N–H and O–H groups in total. The number of carbonyl (C=O) groups excluding carboxylic acids is 1. The van der Waals surface area contributed by atoms with Gasteiger partial charge in [-0.3, -0.25) is 4.79 Å². The summed E-state index contributed by atoms with van der Waals surface area (Å²) in [6.07, 6.45) is 5.12. The van der Waals surface area contributed by atoms with Crippen molar-refractivity contribution in [3.63, 3.8) is 0 Å². The topological polar surface area (TPSA) is 75.4 Å². The smallest absolute Gasteiger partial charge is 0.223 e. The lowest BCUT2D eigenvalue weighted by molar-refractivity contribution is -0.128. The van der Waals surface area contributed by atoms with Crippen LogP contribution in [-0.4, -0.2) is 29.2 Å². The number of amides is 1. The molecular formula is C11H20N2O2. The van der Waals surface area contributed by atoms with E-state index in [2.05, 4.69) is 5.32 Å². The van der Waals surface area contributed by atoms with Crippen LogP contribution in [0.1, 0.15) is 38.5 Å². The molecule has 15 heavy (non-hydrogen) atoms. The Labute approximate surface area is 90.2 Å². The first kappa shape index (κ1) is 10.9. The van der Waals surface area contributed by atoms with E-state index in [1.165, 1.54) is 0 Å². The van der Waals surface area contributed by atoms with Crippen LogP contribution >= 0.6 is 0 Å². The van der Waals surface area contributed by atoms with Crippen LogP contribution in [0.4, 0.5) is 0 Å². The number of aliphatic hydroxyl groups is 1. The van der Waals surface area contributed by atoms with Crippen LogP contribution in [0.5, 0.6) is 0 Å². The van der Waals surface area contributed by atoms with E-state index in [0.717, 1.165) is 25.7 Å². The molecule has 2 unspecified atom stereocenters. The lowest BCUT2D eigenvalue weighted by Gasteiger charge is -2.34. The van der Waals surface area contributed by atoms with Gasteiger partial charge in [0.1, 0.15) is 0 Å². The molecule has 0 heterocycles. The quantitative estimate of drug-likeness (QED) is 0.609. The Morgan fingerprint density at radius 1 is 1.27 bits per heavy atom. The minimum Gasteiger partial charge on any atom is -0.393 e. The van der Waals surface area contributed by atoms with Crippen molar-refractivity contribution in [1.82, 2.24) is 5.32 Å². The Morgan fingerprint density at radius 3 is 2.60 bits per heavy atom. The van der Waals surface area contributed by atoms with E-state index >= 15 is 0 Å². The van der Waals surface area contributed by atoms with Gasteiger partial charge in [-0.15, -0.1) is 0 Å². The van der Waals surface area contributed by atoms with Gasteiger partial charge in [0, 0.05) is 18.0 Å². The van der Waals surface area contributed by atoms with Crippen molar-refractivity contribution in [2.75, 3.05) is 0 Å². The standard InChI is InChI=1S/C11H20N2O2/c12-8-3-1-2-7(4-8)11(15)13-9-5-10(14)6-9/h7-10,14H,1-6,12H2,(H,13,15). The Balaban J connectivity index is 1.75. The SMILES string of the molecule is NC1CCCC(C(=O)NC2CC(O)C2)C1. The molecule has 1 amide bonds. The van der Waals surface area contributed by atoms with Crippen molar-refractivity contribution < 1.29 is 9.90 Å². The second-order valence-electron chi connectivity index (χ2n) is 4.95. The molecule has 0 saturated heterocycles. The van der Waals surface area contributed by atoms with Crippen molar-refractivity contribution in [3.8, 4) is 0 Å². The minimum atomic E-state index is -0.205. The third-order valence-corrected chi connectivity index (χ3v) is 3.55. The number of hydrogen-bond acceptors (Lipinski definition) is 3. The molecule has 0 aromatic carbocycles. The highest BCUT2D eigenvalue weighted by atomic mass is 16.3. The number of nitrogens with one attached hydrogen (secondary N) is 1. The normalized spacial score (nSPS) is 40.7. The molecule has 86 valence electrons. The molecule has 4 nitrogen and oxygen atoms in total. The van der Waals surface area contributed by atoms with Gasteiger partial charge in [-0.1, -0.05) is 6.42 Å². The van der Waals surface area contributed by atoms with Crippen molar-refractivity contribution in [1.29, 1.82) is 0 Å². The number of rotatable bonds is 2. The predicted molar refractivity (Wildman–Crippen MR) is 57.1 cm³/mol. The third-order valence-electron chi connectivity index (χ3n) is 3.55. The Hall–Kier alpha value is -0.610. The molecule has 0 aromatic rings. The molecule has 0 aromatic heterocycles. The fourth-order valence-corrected chi connectivity index (χ4v) is 2.49. The molecule has 2 saturated carbocycles. The van der Waals surface area contributed by atoms with Crippen LogP contribution in [0.25, 0.3) is 0 Å². The van der Waals surface area contributed by atoms with E-state index < -0.39 is 0 Å². The predicted octanol–water partition coefficient (Wildman–Crippen LogP) is 0.143. The van der Waals surface area contributed by atoms with Crippen molar-refractivity contribution >= 4 is 5.91 Å². The fraction of sp³-hybridized carbons (Fsp3) is 0.909. The molecule has 2 atom stereocenters. The van der Waals surface area contributed by atoms with E-state index in [1.54, 1.807) is 0 Å². The van der Waals surface area contributed by atoms with Gasteiger partial charge in [0.25, 0.3) is 0 Å². The molecule has 4 heteroatoms. The van der Waals surface area contributed by atoms with Crippen molar-refractivity contribution in [2.45, 2.75) is 56.7 Å². The highest BCUT2D eigenvalue weighted by molar-refractivity contribution is 5.79. The average Bonchev–Trinajstić information content (AvgIpc) is 2.15. The lowest BCUT2D eigenvalue weighted by Crippen LogP contribution is -2.49. The van der Waals surface area contributed by atoms with Gasteiger partial charge in [0.15, 0.2) is 0 Å². The molecule has 0 radical (unpaired) electrons. The first-order chi connectivity index (χ1) is 7.15. The van der Waals surface area contributed by atoms with Crippen molar-refractivity contribution in [3.05, 3.63) is 0 Å². The summed E-state index contributed by atoms with van der Waals surface area (Å²) in [7, 11) is 0. The van der Waals surface area contributed by atoms with Gasteiger partial charge in [0.2, 0.25) is 5.91 Å². The van der Waals surface area contributed by atoms with Crippen LogP contribution in [0.15, 0.2) is 0 Å². The molecule has 0 spiro atoms. The van der Waals surface area contributed by atoms with Crippen LogP contribution in [-0.2, 0) is 4.79 Å². The average molecular weight is 212 g/mol. The van der Waals surface area contributed by atoms with Gasteiger partial charge in [-0.2, -0.15) is 0 Å². The molecule has 0 aliphatic heterocycles. The van der Waals surface area contributed by atoms with E-state index in [4.69, 9.17) is 10.8 Å². The summed E-state index contributed by atoms with van der Waals surface area (Å²) in [4.78, 5) is 11.8. The first-order valence-electron chi connectivity index (χ1n) is 5.89. The van der Waals surface area contributed by atoms with E-state index in [-0.39, 0.29) is 30.0 Å². The largest absolute Gasteiger partial charge is 0.393 e. The highest BCUT2D eigenvalue weighted by Gasteiger charge is 2.32. The number of hydrogen-bond donors (Lipinski definition) is 3. The Morgan fingerprint density at radius 2 is 2.00 bits per heavy atom. The number of aliphatic hydroxyl groups excluding tert-OH is 1. The van der Waals surface area contributed by atoms with Crippen LogP contribution in [0.2, 0.25) is 0 Å². The lowest BCUT2D eigenvalue weighted by atomic mass is 9.84. The van der Waals surface area contributed by atoms with Gasteiger partial charge in [0.05, 0.1) is 6.10 Å². The monoisotopic (exact) mass is 212 g/mol. The summed E-state index contributed by atoms with van der Waals surface area (Å²) in [5, 5.41) is 12.1. The maximum atomic E-state index is 11.8. The molecule has 2 aliphatic rings. The first-order valence-corrected chi connectivity index (χ1v) is 5.89. The summed E-state index contributed by atoms with van der Waals surface area (Å²) in [5.41, 5.74) is 5.84. The number of carbonyl (C=O) groups is 1. The second kappa shape index (κ2) is 4.49. The zero-order valence-corrected chi connectivity index (χ0v) is 8.98. The van der Waals surface area contributed by atoms with Gasteiger partial charge in [-0.05, 0) is 32.1 Å². The zero-order chi connectivity index (χ0) is 10.8. The van der Waals surface area contributed by atoms with Crippen molar-refractivity contribution in [2.24, 2.45) is 11.7 Å². The summed E-state index contributed by atoms with van der Waals surface area (Å²) >= 11 is 0. The molecule has 2 fully saturated rings. The molecular weight excluding hydrogens is 192 g/mol. The molecule has 2 rings (SSSR count). The maximum Gasteiger partial charge on any atom is 0.223 e. The summed E-state index contributed by atoms with van der Waals surface area (Å²) in [6, 6.07) is 0.395. The third kappa shape index (κ3) is 2.69. The van der Waals surface area contributed by atoms with Gasteiger partial charge >= 0.3 is 0 Å². The maximum absolute atomic E-state index is 11.8. The summed E-state index contributed by atoms with van der Waals surface area (Å²) < 4.78 is 0. The fourth-order valence-electron chi connectivity index (χ4n) is 2.49. The molecule has 2 aliphatic carbocycles. The minimum absolute atomic E-state index is 0.103. The van der Waals surface area contributed by atoms with E-state index in [9.17, 15) is 4.79 Å². The Kier molecular flexibility index (Phi) is 3.26. The van der Waals surface area contributed by atoms with Crippen LogP contribution in [0, 0.1) is 5.92 Å². The second-order valence-corrected chi connectivity index (χ2v) is 4.95. The summed E-state index contributed by atoms with van der Waals surface area (Å²) in [6.45, 7) is 0. The molecule has 0 bridgehead atoms. The van der Waals surface area contributed by atoms with Gasteiger partial charge in [-0.25, -0.2) is 0 Å². The summed E-state index contributed by atoms with van der Waals surface area (Å²) in [5.74, 6) is 0.244. The van der Waals surface area contributed by atoms with Crippen LogP contribution in [0.3, 0.4) is 0 Å². The number of nitrogens with two attached hydrogens (primary N) is 1. The Bertz CT molecular complexity index is 239. The zero-order valence-electron chi connectivity index (χ0n) is 8.98.